The zero-order valence-electron chi connectivity index (χ0n) is 18.8. The summed E-state index contributed by atoms with van der Waals surface area (Å²) < 4.78 is 2.24. The van der Waals surface area contributed by atoms with E-state index in [0.29, 0.717) is 0 Å². The fraction of sp³-hybridized carbons (Fsp3) is 0.0645. The first-order chi connectivity index (χ1) is 17.3. The Morgan fingerprint density at radius 2 is 1.40 bits per heavy atom. The molecule has 0 saturated carbocycles. The van der Waals surface area contributed by atoms with Crippen molar-refractivity contribution in [1.29, 1.82) is 0 Å². The molecule has 4 nitrogen and oxygen atoms in total. The molecule has 35 heavy (non-hydrogen) atoms. The number of fused-ring (bicyclic) bond motifs is 15. The Morgan fingerprint density at radius 3 is 2.34 bits per heavy atom. The van der Waals surface area contributed by atoms with E-state index in [2.05, 4.69) is 69.0 Å². The number of hydrogen-bond acceptors (Lipinski definition) is 3. The summed E-state index contributed by atoms with van der Waals surface area (Å²) in [6.07, 6.45) is 9.57. The van der Waals surface area contributed by atoms with E-state index in [1.807, 2.05) is 30.9 Å². The highest BCUT2D eigenvalue weighted by atomic mass is 15.0. The standard InChI is InChI=1S/C31H18N4/c1-2-4-19-17(3-1)11-23-20(19)5-6-21-22-14-26-25(13-18(22)12-24(21)23)27-15-32-10-8-29(27)35-30-16-33-9-7-28(30)34-31(26)35/h1-10,13-16H,11-12H2. The third kappa shape index (κ3) is 2.15. The highest BCUT2D eigenvalue weighted by Gasteiger charge is 2.28. The molecule has 4 heteroatoms. The maximum atomic E-state index is 5.06. The molecule has 4 heterocycles. The average Bonchev–Trinajstić information content (AvgIpc) is 3.59. The van der Waals surface area contributed by atoms with E-state index < -0.39 is 0 Å². The van der Waals surface area contributed by atoms with Gasteiger partial charge in [0.1, 0.15) is 5.65 Å². The number of nitrogens with zero attached hydrogens (tertiary/aromatic N) is 4. The van der Waals surface area contributed by atoms with Crippen LogP contribution in [0, 0.1) is 0 Å². The Bertz CT molecular complexity index is 2070. The van der Waals surface area contributed by atoms with Crippen molar-refractivity contribution in [1.82, 2.24) is 19.4 Å². The van der Waals surface area contributed by atoms with Crippen LogP contribution < -0.4 is 0 Å². The summed E-state index contributed by atoms with van der Waals surface area (Å²) in [7, 11) is 0. The van der Waals surface area contributed by atoms with Gasteiger partial charge in [-0.15, -0.1) is 0 Å². The van der Waals surface area contributed by atoms with Crippen LogP contribution in [0.2, 0.25) is 0 Å². The lowest BCUT2D eigenvalue weighted by Gasteiger charge is -2.11. The third-order valence-electron chi connectivity index (χ3n) is 8.03. The maximum absolute atomic E-state index is 5.06. The number of rotatable bonds is 0. The van der Waals surface area contributed by atoms with Crippen LogP contribution in [0.4, 0.5) is 0 Å². The minimum atomic E-state index is 0.960. The molecule has 0 amide bonds. The molecule has 0 fully saturated rings. The summed E-state index contributed by atoms with van der Waals surface area (Å²) >= 11 is 0. The van der Waals surface area contributed by atoms with Crippen molar-refractivity contribution in [2.24, 2.45) is 0 Å². The maximum Gasteiger partial charge on any atom is 0.146 e. The lowest BCUT2D eigenvalue weighted by atomic mass is 9.96. The lowest BCUT2D eigenvalue weighted by molar-refractivity contribution is 1.16. The number of benzene rings is 3. The van der Waals surface area contributed by atoms with E-state index in [1.54, 1.807) is 0 Å². The van der Waals surface area contributed by atoms with Gasteiger partial charge in [-0.1, -0.05) is 36.4 Å². The molecule has 0 N–H and O–H groups in total. The molecule has 0 aliphatic heterocycles. The van der Waals surface area contributed by atoms with Crippen LogP contribution in [0.3, 0.4) is 0 Å². The molecule has 4 aromatic heterocycles. The minimum Gasteiger partial charge on any atom is -0.290 e. The summed E-state index contributed by atoms with van der Waals surface area (Å²) in [5.74, 6) is 0. The molecule has 0 saturated heterocycles. The van der Waals surface area contributed by atoms with E-state index in [-0.39, 0.29) is 0 Å². The van der Waals surface area contributed by atoms with Gasteiger partial charge in [-0.25, -0.2) is 4.98 Å². The summed E-state index contributed by atoms with van der Waals surface area (Å²) in [4.78, 5) is 13.9. The third-order valence-corrected chi connectivity index (χ3v) is 8.03. The predicted molar refractivity (Wildman–Crippen MR) is 140 cm³/mol. The van der Waals surface area contributed by atoms with Crippen molar-refractivity contribution < 1.29 is 0 Å². The lowest BCUT2D eigenvalue weighted by Crippen LogP contribution is -1.93. The van der Waals surface area contributed by atoms with Crippen molar-refractivity contribution in [2.75, 3.05) is 0 Å². The summed E-state index contributed by atoms with van der Waals surface area (Å²) in [6, 6.07) is 22.3. The number of imidazole rings is 1. The first-order valence-corrected chi connectivity index (χ1v) is 12.0. The molecule has 3 aromatic carbocycles. The highest BCUT2D eigenvalue weighted by molar-refractivity contribution is 6.15. The van der Waals surface area contributed by atoms with Gasteiger partial charge in [0.25, 0.3) is 0 Å². The second-order valence-corrected chi connectivity index (χ2v) is 9.71. The number of pyridine rings is 3. The number of hydrogen-bond donors (Lipinski definition) is 0. The first kappa shape index (κ1) is 17.8. The Morgan fingerprint density at radius 1 is 0.600 bits per heavy atom. The van der Waals surface area contributed by atoms with Crippen LogP contribution in [0.15, 0.2) is 85.5 Å². The fourth-order valence-corrected chi connectivity index (χ4v) is 6.51. The number of aromatic nitrogens is 4. The Kier molecular flexibility index (Phi) is 3.11. The largest absolute Gasteiger partial charge is 0.290 e. The first-order valence-electron chi connectivity index (χ1n) is 12.0. The second-order valence-electron chi connectivity index (χ2n) is 9.71. The molecular formula is C31H18N4. The molecule has 162 valence electrons. The van der Waals surface area contributed by atoms with Crippen LogP contribution in [0.5, 0.6) is 0 Å². The summed E-state index contributed by atoms with van der Waals surface area (Å²) in [5.41, 5.74) is 15.4. The molecule has 2 aliphatic carbocycles. The topological polar surface area (TPSA) is 43.1 Å². The van der Waals surface area contributed by atoms with Crippen molar-refractivity contribution in [3.05, 3.63) is 108 Å². The van der Waals surface area contributed by atoms with Gasteiger partial charge in [0.2, 0.25) is 0 Å². The van der Waals surface area contributed by atoms with Gasteiger partial charge in [0, 0.05) is 29.4 Å². The summed E-state index contributed by atoms with van der Waals surface area (Å²) in [5, 5.41) is 3.53. The van der Waals surface area contributed by atoms with Crippen molar-refractivity contribution in [3.63, 3.8) is 0 Å². The zero-order chi connectivity index (χ0) is 22.7. The van der Waals surface area contributed by atoms with Gasteiger partial charge in [-0.2, -0.15) is 0 Å². The van der Waals surface area contributed by atoms with Crippen LogP contribution in [-0.4, -0.2) is 19.4 Å². The van der Waals surface area contributed by atoms with E-state index in [0.717, 1.165) is 45.8 Å². The molecule has 7 aromatic rings. The van der Waals surface area contributed by atoms with E-state index in [1.165, 1.54) is 49.9 Å². The van der Waals surface area contributed by atoms with E-state index in [4.69, 9.17) is 4.98 Å². The van der Waals surface area contributed by atoms with Gasteiger partial charge in [-0.05, 0) is 87.0 Å². The summed E-state index contributed by atoms with van der Waals surface area (Å²) in [6.45, 7) is 0. The minimum absolute atomic E-state index is 0.960. The molecule has 0 unspecified atom stereocenters. The van der Waals surface area contributed by atoms with Gasteiger partial charge in [-0.3, -0.25) is 14.4 Å². The molecule has 9 rings (SSSR count). The smallest absolute Gasteiger partial charge is 0.146 e. The van der Waals surface area contributed by atoms with Crippen LogP contribution in [0.1, 0.15) is 22.3 Å². The molecule has 0 atom stereocenters. The van der Waals surface area contributed by atoms with Gasteiger partial charge >= 0.3 is 0 Å². The quantitative estimate of drug-likeness (QED) is 0.243. The molecule has 0 radical (unpaired) electrons. The Hall–Kier alpha value is -4.57. The van der Waals surface area contributed by atoms with Gasteiger partial charge in [0.05, 0.1) is 22.7 Å². The van der Waals surface area contributed by atoms with Crippen LogP contribution in [0.25, 0.3) is 60.6 Å². The average molecular weight is 447 g/mol. The van der Waals surface area contributed by atoms with Crippen LogP contribution in [-0.2, 0) is 12.8 Å². The Labute approximate surface area is 200 Å². The monoisotopic (exact) mass is 446 g/mol. The van der Waals surface area contributed by atoms with Crippen molar-refractivity contribution in [3.8, 4) is 22.3 Å². The molecular weight excluding hydrogens is 428 g/mol. The van der Waals surface area contributed by atoms with Gasteiger partial charge in [0.15, 0.2) is 0 Å². The SMILES string of the molecule is c1ccc2c(c1)Cc1c-2ccc2c1Cc1cc3c4cnccc4n4c5cnccc5nc4c3cc1-2. The second kappa shape index (κ2) is 6.10. The zero-order valence-corrected chi connectivity index (χ0v) is 18.8. The molecule has 0 bridgehead atoms. The molecule has 0 spiro atoms. The van der Waals surface area contributed by atoms with E-state index in [9.17, 15) is 0 Å². The van der Waals surface area contributed by atoms with Crippen molar-refractivity contribution in [2.45, 2.75) is 12.8 Å². The van der Waals surface area contributed by atoms with Gasteiger partial charge < -0.3 is 0 Å². The Balaban J connectivity index is 1.38. The van der Waals surface area contributed by atoms with E-state index >= 15 is 0 Å². The van der Waals surface area contributed by atoms with Crippen LogP contribution >= 0.6 is 0 Å². The predicted octanol–water partition coefficient (Wildman–Crippen LogP) is 6.73. The molecule has 2 aliphatic rings. The van der Waals surface area contributed by atoms with Crippen molar-refractivity contribution >= 4 is 38.4 Å². The highest BCUT2D eigenvalue weighted by Crippen LogP contribution is 2.48. The normalized spacial score (nSPS) is 13.5. The fourth-order valence-electron chi connectivity index (χ4n) is 6.51.